The number of para-hydroxylation sites is 1. The fourth-order valence-electron chi connectivity index (χ4n) is 1.46. The van der Waals surface area contributed by atoms with Crippen LogP contribution in [0.25, 0.3) is 10.9 Å². The van der Waals surface area contributed by atoms with Crippen molar-refractivity contribution in [1.82, 2.24) is 9.97 Å². The van der Waals surface area contributed by atoms with Gasteiger partial charge < -0.3 is 4.74 Å². The number of benzene rings is 1. The Balaban J connectivity index is 2.30. The highest BCUT2D eigenvalue weighted by molar-refractivity contribution is 5.80. The minimum absolute atomic E-state index is 0.352. The summed E-state index contributed by atoms with van der Waals surface area (Å²) in [7, 11) is 0. The molecule has 0 unspecified atom stereocenters. The third-order valence-electron chi connectivity index (χ3n) is 2.15. The molecule has 0 saturated carbocycles. The zero-order valence-corrected chi connectivity index (χ0v) is 8.09. The Bertz CT molecular complexity index is 466. The number of carbonyl (C=O) groups is 1. The Morgan fingerprint density at radius 3 is 3.00 bits per heavy atom. The highest BCUT2D eigenvalue weighted by Crippen LogP contribution is 2.13. The van der Waals surface area contributed by atoms with Gasteiger partial charge in [0.15, 0.2) is 0 Å². The summed E-state index contributed by atoms with van der Waals surface area (Å²) in [5, 5.41) is 1.01. The molecule has 0 radical (unpaired) electrons. The molecule has 76 valence electrons. The quantitative estimate of drug-likeness (QED) is 0.554. The molecule has 0 aliphatic rings. The summed E-state index contributed by atoms with van der Waals surface area (Å²) in [5.41, 5.74) is 1.82. The van der Waals surface area contributed by atoms with Crippen LogP contribution in [-0.2, 0) is 16.0 Å². The fraction of sp³-hybridized carbons (Fsp3) is 0.182. The number of carbonyl (C=O) groups excluding carboxylic acids is 1. The Labute approximate surface area is 86.9 Å². The lowest BCUT2D eigenvalue weighted by atomic mass is 10.1. The first-order valence-electron chi connectivity index (χ1n) is 4.65. The summed E-state index contributed by atoms with van der Waals surface area (Å²) < 4.78 is 4.65. The van der Waals surface area contributed by atoms with Crippen molar-refractivity contribution >= 4 is 17.4 Å². The van der Waals surface area contributed by atoms with Gasteiger partial charge in [-0.25, -0.2) is 9.97 Å². The molecule has 0 fully saturated rings. The summed E-state index contributed by atoms with van der Waals surface area (Å²) in [5.74, 6) is 0. The molecule has 1 heterocycles. The summed E-state index contributed by atoms with van der Waals surface area (Å²) >= 11 is 0. The first kappa shape index (κ1) is 9.58. The van der Waals surface area contributed by atoms with Crippen LogP contribution in [0.1, 0.15) is 5.69 Å². The van der Waals surface area contributed by atoms with Gasteiger partial charge in [0.25, 0.3) is 6.47 Å². The van der Waals surface area contributed by atoms with Gasteiger partial charge in [0, 0.05) is 11.8 Å². The van der Waals surface area contributed by atoms with Gasteiger partial charge in [0.05, 0.1) is 17.8 Å². The van der Waals surface area contributed by atoms with Gasteiger partial charge in [-0.2, -0.15) is 0 Å². The van der Waals surface area contributed by atoms with Gasteiger partial charge in [-0.05, 0) is 6.07 Å². The fourth-order valence-corrected chi connectivity index (χ4v) is 1.46. The molecule has 0 saturated heterocycles. The number of fused-ring (bicyclic) bond motifs is 1. The second-order valence-corrected chi connectivity index (χ2v) is 3.05. The Morgan fingerprint density at radius 2 is 2.13 bits per heavy atom. The van der Waals surface area contributed by atoms with E-state index in [4.69, 9.17) is 0 Å². The van der Waals surface area contributed by atoms with E-state index in [-0.39, 0.29) is 0 Å². The van der Waals surface area contributed by atoms with Crippen LogP contribution in [-0.4, -0.2) is 23.0 Å². The number of rotatable bonds is 4. The predicted molar refractivity (Wildman–Crippen MR) is 55.3 cm³/mol. The van der Waals surface area contributed by atoms with Crippen molar-refractivity contribution in [1.29, 1.82) is 0 Å². The van der Waals surface area contributed by atoms with Crippen LogP contribution in [0.3, 0.4) is 0 Å². The molecule has 4 nitrogen and oxygen atoms in total. The normalized spacial score (nSPS) is 10.1. The van der Waals surface area contributed by atoms with Crippen LogP contribution < -0.4 is 0 Å². The molecule has 2 rings (SSSR count). The minimum Gasteiger partial charge on any atom is -0.467 e. The molecule has 1 aromatic carbocycles. The average Bonchev–Trinajstić information content (AvgIpc) is 2.30. The van der Waals surface area contributed by atoms with E-state index in [1.54, 1.807) is 0 Å². The van der Waals surface area contributed by atoms with Crippen LogP contribution in [0.2, 0.25) is 0 Å². The molecule has 0 aliphatic carbocycles. The van der Waals surface area contributed by atoms with Crippen molar-refractivity contribution in [2.24, 2.45) is 0 Å². The molecule has 0 atom stereocenters. The minimum atomic E-state index is 0.352. The Kier molecular flexibility index (Phi) is 2.88. The number of ether oxygens (including phenoxy) is 1. The van der Waals surface area contributed by atoms with E-state index in [0.29, 0.717) is 19.5 Å². The number of aromatic nitrogens is 2. The molecule has 0 bridgehead atoms. The molecule has 0 spiro atoms. The van der Waals surface area contributed by atoms with Crippen molar-refractivity contribution < 1.29 is 9.53 Å². The standard InChI is InChI=1S/C11H10N2O2/c14-8-15-6-5-11-9-3-1-2-4-10(9)12-7-13-11/h1-4,7-8H,5-6H2. The lowest BCUT2D eigenvalue weighted by Gasteiger charge is -2.03. The maximum absolute atomic E-state index is 10.0. The zero-order chi connectivity index (χ0) is 10.5. The highest BCUT2D eigenvalue weighted by Gasteiger charge is 2.02. The van der Waals surface area contributed by atoms with Crippen LogP contribution >= 0.6 is 0 Å². The Hall–Kier alpha value is -1.97. The monoisotopic (exact) mass is 202 g/mol. The summed E-state index contributed by atoms with van der Waals surface area (Å²) in [6.45, 7) is 0.799. The highest BCUT2D eigenvalue weighted by atomic mass is 16.5. The maximum atomic E-state index is 10.0. The van der Waals surface area contributed by atoms with Crippen molar-refractivity contribution in [3.63, 3.8) is 0 Å². The summed E-state index contributed by atoms with van der Waals surface area (Å²) in [6.07, 6.45) is 2.14. The van der Waals surface area contributed by atoms with Gasteiger partial charge in [-0.1, -0.05) is 18.2 Å². The molecule has 0 amide bonds. The summed E-state index contributed by atoms with van der Waals surface area (Å²) in [6, 6.07) is 7.77. The molecule has 2 aromatic rings. The van der Waals surface area contributed by atoms with Crippen molar-refractivity contribution in [2.45, 2.75) is 6.42 Å². The van der Waals surface area contributed by atoms with Crippen molar-refractivity contribution in [3.8, 4) is 0 Å². The van der Waals surface area contributed by atoms with E-state index in [0.717, 1.165) is 16.6 Å². The van der Waals surface area contributed by atoms with E-state index >= 15 is 0 Å². The van der Waals surface area contributed by atoms with Gasteiger partial charge in [-0.15, -0.1) is 0 Å². The van der Waals surface area contributed by atoms with E-state index < -0.39 is 0 Å². The topological polar surface area (TPSA) is 52.1 Å². The van der Waals surface area contributed by atoms with Gasteiger partial charge in [0.1, 0.15) is 6.33 Å². The molecular formula is C11H10N2O2. The van der Waals surface area contributed by atoms with E-state index in [9.17, 15) is 4.79 Å². The maximum Gasteiger partial charge on any atom is 0.293 e. The van der Waals surface area contributed by atoms with E-state index in [2.05, 4.69) is 14.7 Å². The van der Waals surface area contributed by atoms with Crippen LogP contribution in [0.15, 0.2) is 30.6 Å². The lowest BCUT2D eigenvalue weighted by Crippen LogP contribution is -2.00. The number of hydrogen-bond donors (Lipinski definition) is 0. The molecular weight excluding hydrogens is 192 g/mol. The first-order chi connectivity index (χ1) is 7.42. The lowest BCUT2D eigenvalue weighted by molar-refractivity contribution is -0.128. The molecule has 15 heavy (non-hydrogen) atoms. The summed E-state index contributed by atoms with van der Waals surface area (Å²) in [4.78, 5) is 18.3. The van der Waals surface area contributed by atoms with Crippen molar-refractivity contribution in [3.05, 3.63) is 36.3 Å². The number of hydrogen-bond acceptors (Lipinski definition) is 4. The predicted octanol–water partition coefficient (Wildman–Crippen LogP) is 1.35. The Morgan fingerprint density at radius 1 is 1.27 bits per heavy atom. The molecule has 0 aliphatic heterocycles. The third-order valence-corrected chi connectivity index (χ3v) is 2.15. The molecule has 1 aromatic heterocycles. The number of nitrogens with zero attached hydrogens (tertiary/aromatic N) is 2. The second kappa shape index (κ2) is 4.50. The third kappa shape index (κ3) is 2.10. The molecule has 4 heteroatoms. The molecule has 0 N–H and O–H groups in total. The van der Waals surface area contributed by atoms with Gasteiger partial charge >= 0.3 is 0 Å². The average molecular weight is 202 g/mol. The SMILES string of the molecule is O=COCCc1ncnc2ccccc12. The zero-order valence-electron chi connectivity index (χ0n) is 8.09. The first-order valence-corrected chi connectivity index (χ1v) is 4.65. The van der Waals surface area contributed by atoms with Crippen molar-refractivity contribution in [2.75, 3.05) is 6.61 Å². The van der Waals surface area contributed by atoms with Crippen LogP contribution in [0, 0.1) is 0 Å². The van der Waals surface area contributed by atoms with E-state index in [1.165, 1.54) is 6.33 Å². The second-order valence-electron chi connectivity index (χ2n) is 3.05. The van der Waals surface area contributed by atoms with Crippen LogP contribution in [0.5, 0.6) is 0 Å². The smallest absolute Gasteiger partial charge is 0.293 e. The van der Waals surface area contributed by atoms with Gasteiger partial charge in [-0.3, -0.25) is 4.79 Å². The van der Waals surface area contributed by atoms with E-state index in [1.807, 2.05) is 24.3 Å². The largest absolute Gasteiger partial charge is 0.467 e. The van der Waals surface area contributed by atoms with Crippen LogP contribution in [0.4, 0.5) is 0 Å². The van der Waals surface area contributed by atoms with Gasteiger partial charge in [0.2, 0.25) is 0 Å².